The first-order valence-electron chi connectivity index (χ1n) is 7.72. The highest BCUT2D eigenvalue weighted by molar-refractivity contribution is 5.59. The third-order valence-corrected chi connectivity index (χ3v) is 4.32. The van der Waals surface area contributed by atoms with Crippen molar-refractivity contribution in [3.05, 3.63) is 42.2 Å². The molecule has 0 atom stereocenters. The van der Waals surface area contributed by atoms with Gasteiger partial charge < -0.3 is 5.32 Å². The molecule has 0 amide bonds. The molecule has 2 aromatic heterocycles. The molecule has 9 heteroatoms. The summed E-state index contributed by atoms with van der Waals surface area (Å²) in [5.41, 5.74) is 1.13. The van der Waals surface area contributed by atoms with E-state index >= 15 is 0 Å². The Morgan fingerprint density at radius 2 is 1.72 bits per heavy atom. The van der Waals surface area contributed by atoms with Crippen molar-refractivity contribution in [2.75, 3.05) is 5.32 Å². The van der Waals surface area contributed by atoms with Gasteiger partial charge in [-0.3, -0.25) is 0 Å². The molecule has 1 saturated carbocycles. The van der Waals surface area contributed by atoms with Gasteiger partial charge in [-0.25, -0.2) is 4.39 Å². The molecule has 1 aromatic carbocycles. The van der Waals surface area contributed by atoms with Gasteiger partial charge in [0.05, 0.1) is 5.92 Å². The van der Waals surface area contributed by atoms with Crippen LogP contribution in [0.5, 0.6) is 0 Å². The zero-order valence-electron chi connectivity index (χ0n) is 12.8. The molecule has 0 spiro atoms. The summed E-state index contributed by atoms with van der Waals surface area (Å²) in [4.78, 5) is 0. The Hall–Kier alpha value is -2.71. The zero-order valence-corrected chi connectivity index (χ0v) is 12.8. The number of nitrogens with zero attached hydrogens (tertiary/aromatic N) is 4. The highest BCUT2D eigenvalue weighted by Crippen LogP contribution is 2.42. The van der Waals surface area contributed by atoms with Crippen molar-refractivity contribution in [1.29, 1.82) is 0 Å². The molecule has 0 saturated heterocycles. The molecule has 1 aliphatic carbocycles. The number of nitrogens with one attached hydrogen (secondary N) is 1. The van der Waals surface area contributed by atoms with Gasteiger partial charge >= 0.3 is 6.18 Å². The lowest BCUT2D eigenvalue weighted by molar-refractivity contribution is -0.195. The molecule has 0 aliphatic heterocycles. The van der Waals surface area contributed by atoms with Crippen LogP contribution in [0, 0.1) is 11.7 Å². The van der Waals surface area contributed by atoms with Crippen molar-refractivity contribution in [2.45, 2.75) is 25.1 Å². The fourth-order valence-electron chi connectivity index (χ4n) is 2.86. The van der Waals surface area contributed by atoms with E-state index in [0.29, 0.717) is 22.9 Å². The lowest BCUT2D eigenvalue weighted by atomic mass is 9.80. The molecule has 2 heterocycles. The minimum atomic E-state index is -4.14. The first-order valence-corrected chi connectivity index (χ1v) is 7.72. The second-order valence-corrected chi connectivity index (χ2v) is 6.07. The fourth-order valence-corrected chi connectivity index (χ4v) is 2.86. The molecule has 1 fully saturated rings. The van der Waals surface area contributed by atoms with Gasteiger partial charge in [-0.15, -0.1) is 15.3 Å². The van der Waals surface area contributed by atoms with Crippen LogP contribution in [0.1, 0.15) is 12.8 Å². The van der Waals surface area contributed by atoms with Crippen molar-refractivity contribution >= 4 is 11.5 Å². The third kappa shape index (κ3) is 3.01. The van der Waals surface area contributed by atoms with Crippen LogP contribution in [0.4, 0.5) is 23.4 Å². The number of alkyl halides is 3. The van der Waals surface area contributed by atoms with Crippen molar-refractivity contribution in [2.24, 2.45) is 5.92 Å². The number of hydrogen-bond donors (Lipinski definition) is 1. The van der Waals surface area contributed by atoms with E-state index in [1.807, 2.05) is 0 Å². The van der Waals surface area contributed by atoms with Crippen molar-refractivity contribution in [3.8, 4) is 11.4 Å². The summed E-state index contributed by atoms with van der Waals surface area (Å²) >= 11 is 0. The second kappa shape index (κ2) is 5.68. The monoisotopic (exact) mass is 351 g/mol. The van der Waals surface area contributed by atoms with Crippen LogP contribution in [-0.2, 0) is 0 Å². The van der Waals surface area contributed by atoms with Crippen LogP contribution in [0.15, 0.2) is 36.4 Å². The Bertz CT molecular complexity index is 897. The minimum absolute atomic E-state index is 0.0379. The van der Waals surface area contributed by atoms with Crippen LogP contribution in [0.25, 0.3) is 17.0 Å². The highest BCUT2D eigenvalue weighted by Gasteiger charge is 2.47. The van der Waals surface area contributed by atoms with Crippen LogP contribution in [-0.4, -0.2) is 32.0 Å². The Labute approximate surface area is 139 Å². The van der Waals surface area contributed by atoms with E-state index < -0.39 is 12.1 Å². The standard InChI is InChI=1S/C16H13F4N5/c17-11-3-1-9(2-4-11)15-23-22-14-6-5-13(24-25(14)15)21-12-7-10(8-12)16(18,19)20/h1-6,10,12H,7-8H2,(H,21,24). The summed E-state index contributed by atoms with van der Waals surface area (Å²) in [5.74, 6) is -0.739. The van der Waals surface area contributed by atoms with E-state index in [2.05, 4.69) is 20.6 Å². The normalized spacial score (nSPS) is 20.5. The molecule has 4 rings (SSSR count). The average molecular weight is 351 g/mol. The molecule has 130 valence electrons. The van der Waals surface area contributed by atoms with Gasteiger partial charge in [-0.1, -0.05) is 0 Å². The van der Waals surface area contributed by atoms with Gasteiger partial charge in [0.2, 0.25) is 0 Å². The maximum Gasteiger partial charge on any atom is 0.391 e. The van der Waals surface area contributed by atoms with Crippen molar-refractivity contribution in [3.63, 3.8) is 0 Å². The number of rotatable bonds is 3. The largest absolute Gasteiger partial charge is 0.391 e. The molecule has 25 heavy (non-hydrogen) atoms. The van der Waals surface area contributed by atoms with Gasteiger partial charge in [0.25, 0.3) is 0 Å². The van der Waals surface area contributed by atoms with Crippen LogP contribution < -0.4 is 5.32 Å². The Balaban J connectivity index is 1.56. The molecule has 0 radical (unpaired) electrons. The molecule has 0 bridgehead atoms. The first kappa shape index (κ1) is 15.8. The van der Waals surface area contributed by atoms with Crippen LogP contribution in [0.3, 0.4) is 0 Å². The van der Waals surface area contributed by atoms with Crippen molar-refractivity contribution < 1.29 is 17.6 Å². The number of aromatic nitrogens is 4. The molecule has 1 aliphatic rings. The predicted molar refractivity (Wildman–Crippen MR) is 82.4 cm³/mol. The van der Waals surface area contributed by atoms with Gasteiger partial charge in [0.1, 0.15) is 11.6 Å². The van der Waals surface area contributed by atoms with Gasteiger partial charge in [0, 0.05) is 11.6 Å². The fraction of sp³-hybridized carbons (Fsp3) is 0.312. The lowest BCUT2D eigenvalue weighted by Crippen LogP contribution is -2.43. The number of fused-ring (bicyclic) bond motifs is 1. The van der Waals surface area contributed by atoms with Gasteiger partial charge in [-0.05, 0) is 49.2 Å². The van der Waals surface area contributed by atoms with E-state index in [4.69, 9.17) is 0 Å². The number of benzene rings is 1. The van der Waals surface area contributed by atoms with E-state index in [0.717, 1.165) is 0 Å². The maximum absolute atomic E-state index is 13.1. The molecule has 5 nitrogen and oxygen atoms in total. The summed E-state index contributed by atoms with van der Waals surface area (Å²) in [6, 6.07) is 8.81. The molecular weight excluding hydrogens is 338 g/mol. The maximum atomic E-state index is 13.1. The summed E-state index contributed by atoms with van der Waals surface area (Å²) in [6.07, 6.45) is -4.06. The number of halogens is 4. The number of hydrogen-bond acceptors (Lipinski definition) is 4. The number of anilines is 1. The Morgan fingerprint density at radius 3 is 2.40 bits per heavy atom. The minimum Gasteiger partial charge on any atom is -0.366 e. The van der Waals surface area contributed by atoms with Crippen LogP contribution >= 0.6 is 0 Å². The topological polar surface area (TPSA) is 55.1 Å². The quantitative estimate of drug-likeness (QED) is 0.732. The van der Waals surface area contributed by atoms with E-state index in [9.17, 15) is 17.6 Å². The molecule has 1 N–H and O–H groups in total. The lowest BCUT2D eigenvalue weighted by Gasteiger charge is -2.37. The summed E-state index contributed by atoms with van der Waals surface area (Å²) < 4.78 is 52.2. The highest BCUT2D eigenvalue weighted by atomic mass is 19.4. The van der Waals surface area contributed by atoms with Gasteiger partial charge in [0.15, 0.2) is 11.5 Å². The Kier molecular flexibility index (Phi) is 3.59. The first-order chi connectivity index (χ1) is 11.9. The molecule has 0 unspecified atom stereocenters. The second-order valence-electron chi connectivity index (χ2n) is 6.07. The van der Waals surface area contributed by atoms with Crippen LogP contribution in [0.2, 0.25) is 0 Å². The SMILES string of the molecule is Fc1ccc(-c2nnc3ccc(NC4CC(C(F)(F)F)C4)nn23)cc1. The smallest absolute Gasteiger partial charge is 0.366 e. The van der Waals surface area contributed by atoms with E-state index in [-0.39, 0.29) is 24.7 Å². The van der Waals surface area contributed by atoms with E-state index in [1.165, 1.54) is 16.6 Å². The van der Waals surface area contributed by atoms with Gasteiger partial charge in [-0.2, -0.15) is 17.7 Å². The summed E-state index contributed by atoms with van der Waals surface area (Å²) in [6.45, 7) is 0. The summed E-state index contributed by atoms with van der Waals surface area (Å²) in [5, 5.41) is 15.4. The van der Waals surface area contributed by atoms with E-state index in [1.54, 1.807) is 24.3 Å². The molecule has 3 aromatic rings. The molecular formula is C16H13F4N5. The summed E-state index contributed by atoms with van der Waals surface area (Å²) in [7, 11) is 0. The van der Waals surface area contributed by atoms with Crippen molar-refractivity contribution in [1.82, 2.24) is 19.8 Å². The predicted octanol–water partition coefficient (Wildman–Crippen LogP) is 3.68. The Morgan fingerprint density at radius 1 is 1.00 bits per heavy atom. The zero-order chi connectivity index (χ0) is 17.6. The average Bonchev–Trinajstić information content (AvgIpc) is 2.93. The third-order valence-electron chi connectivity index (χ3n) is 4.32.